The monoisotopic (exact) mass is 358 g/mol. The van der Waals surface area contributed by atoms with Crippen molar-refractivity contribution in [2.24, 2.45) is 5.92 Å². The van der Waals surface area contributed by atoms with Gasteiger partial charge in [0.1, 0.15) is 11.6 Å². The summed E-state index contributed by atoms with van der Waals surface area (Å²) in [5.74, 6) is -1.18. The highest BCUT2D eigenvalue weighted by Crippen LogP contribution is 2.75. The lowest BCUT2D eigenvalue weighted by Gasteiger charge is -2.26. The summed E-state index contributed by atoms with van der Waals surface area (Å²) in [7, 11) is -3.24. The normalized spacial score (nSPS) is 25.2. The summed E-state index contributed by atoms with van der Waals surface area (Å²) in [6.07, 6.45) is 2.94. The van der Waals surface area contributed by atoms with E-state index in [1.165, 1.54) is 18.2 Å². The van der Waals surface area contributed by atoms with Gasteiger partial charge in [-0.1, -0.05) is 19.1 Å². The van der Waals surface area contributed by atoms with Crippen molar-refractivity contribution in [3.63, 3.8) is 0 Å². The van der Waals surface area contributed by atoms with Crippen LogP contribution in [0.3, 0.4) is 0 Å². The van der Waals surface area contributed by atoms with Crippen LogP contribution in [0.25, 0.3) is 0 Å². The van der Waals surface area contributed by atoms with Crippen LogP contribution in [0.15, 0.2) is 30.9 Å². The van der Waals surface area contributed by atoms with Gasteiger partial charge in [-0.25, -0.2) is 8.78 Å². The van der Waals surface area contributed by atoms with Gasteiger partial charge < -0.3 is 9.26 Å². The van der Waals surface area contributed by atoms with Crippen molar-refractivity contribution >= 4 is 7.37 Å². The number of ether oxygens (including phenoxy) is 1. The third kappa shape index (κ3) is 3.96. The number of hydrogen-bond donors (Lipinski definition) is 0. The molecule has 1 aliphatic rings. The van der Waals surface area contributed by atoms with Gasteiger partial charge in [0.25, 0.3) is 0 Å². The Morgan fingerprint density at radius 1 is 1.42 bits per heavy atom. The molecule has 0 saturated heterocycles. The van der Waals surface area contributed by atoms with E-state index in [4.69, 9.17) is 9.26 Å². The number of hydrogen-bond acceptors (Lipinski definition) is 3. The molecular formula is C18H25F2O3P. The van der Waals surface area contributed by atoms with E-state index in [0.717, 1.165) is 12.8 Å². The number of rotatable bonds is 10. The van der Waals surface area contributed by atoms with Crippen LogP contribution >= 0.6 is 7.37 Å². The first-order valence-electron chi connectivity index (χ1n) is 8.23. The van der Waals surface area contributed by atoms with E-state index in [2.05, 4.69) is 6.58 Å². The Morgan fingerprint density at radius 2 is 2.08 bits per heavy atom. The number of halogens is 2. The average molecular weight is 358 g/mol. The predicted octanol–water partition coefficient (Wildman–Crippen LogP) is 5.15. The minimum absolute atomic E-state index is 0.149. The first-order chi connectivity index (χ1) is 11.4. The van der Waals surface area contributed by atoms with Crippen molar-refractivity contribution < 1.29 is 22.6 Å². The summed E-state index contributed by atoms with van der Waals surface area (Å²) in [6, 6.07) is 3.67. The Hall–Kier alpha value is -1.03. The lowest BCUT2D eigenvalue weighted by Crippen LogP contribution is -2.15. The second kappa shape index (κ2) is 7.90. The standard InChI is InChI=1S/C18H25F2O3P/c1-4-10-22-11-9-14-12-18(14,3)24(21,23-5-2)13-15-16(19)7-6-8-17(15)20/h4,6-8,14H,1,5,9-13H2,2-3H3/t14-,18+,24?/m1/s1. The highest BCUT2D eigenvalue weighted by atomic mass is 31.2. The van der Waals surface area contributed by atoms with E-state index in [0.29, 0.717) is 13.2 Å². The van der Waals surface area contributed by atoms with Gasteiger partial charge in [0, 0.05) is 17.3 Å². The molecule has 0 heterocycles. The van der Waals surface area contributed by atoms with Gasteiger partial charge >= 0.3 is 0 Å². The van der Waals surface area contributed by atoms with Crippen LogP contribution in [0.2, 0.25) is 0 Å². The minimum Gasteiger partial charge on any atom is -0.377 e. The minimum atomic E-state index is -3.24. The second-order valence-electron chi connectivity index (χ2n) is 6.36. The summed E-state index contributed by atoms with van der Waals surface area (Å²) in [6.45, 7) is 8.51. The van der Waals surface area contributed by atoms with Gasteiger partial charge in [-0.15, -0.1) is 6.58 Å². The molecule has 0 amide bonds. The molecule has 3 atom stereocenters. The Morgan fingerprint density at radius 3 is 2.67 bits per heavy atom. The number of benzene rings is 1. The molecule has 2 rings (SSSR count). The van der Waals surface area contributed by atoms with Gasteiger partial charge in [-0.05, 0) is 37.8 Å². The molecule has 24 heavy (non-hydrogen) atoms. The smallest absolute Gasteiger partial charge is 0.213 e. The molecule has 1 fully saturated rings. The lowest BCUT2D eigenvalue weighted by molar-refractivity contribution is 0.154. The molecule has 0 N–H and O–H groups in total. The third-order valence-corrected chi connectivity index (χ3v) is 8.28. The van der Waals surface area contributed by atoms with E-state index < -0.39 is 24.2 Å². The van der Waals surface area contributed by atoms with Crippen molar-refractivity contribution in [2.45, 2.75) is 38.0 Å². The Kier molecular flexibility index (Phi) is 6.35. The Bertz CT molecular complexity index is 614. The quantitative estimate of drug-likeness (QED) is 0.330. The molecule has 0 aliphatic heterocycles. The van der Waals surface area contributed by atoms with E-state index in [1.54, 1.807) is 13.0 Å². The first kappa shape index (κ1) is 19.3. The van der Waals surface area contributed by atoms with Crippen LogP contribution in [0, 0.1) is 17.6 Å². The van der Waals surface area contributed by atoms with Crippen molar-refractivity contribution in [1.29, 1.82) is 0 Å². The summed E-state index contributed by atoms with van der Waals surface area (Å²) in [5.41, 5.74) is -0.149. The summed E-state index contributed by atoms with van der Waals surface area (Å²) in [4.78, 5) is 0. The summed E-state index contributed by atoms with van der Waals surface area (Å²) in [5, 5.41) is -0.546. The highest BCUT2D eigenvalue weighted by molar-refractivity contribution is 7.60. The zero-order chi connectivity index (χ0) is 17.8. The third-order valence-electron chi connectivity index (χ3n) is 4.77. The molecule has 6 heteroatoms. The lowest BCUT2D eigenvalue weighted by atomic mass is 10.2. The van der Waals surface area contributed by atoms with E-state index >= 15 is 0 Å². The largest absolute Gasteiger partial charge is 0.377 e. The van der Waals surface area contributed by atoms with Crippen LogP contribution in [0.5, 0.6) is 0 Å². The molecule has 0 radical (unpaired) electrons. The second-order valence-corrected chi connectivity index (χ2v) is 9.30. The van der Waals surface area contributed by atoms with Gasteiger partial charge in [0.15, 0.2) is 0 Å². The molecular weight excluding hydrogens is 333 g/mol. The van der Waals surface area contributed by atoms with Crippen molar-refractivity contribution in [2.75, 3.05) is 19.8 Å². The molecule has 0 spiro atoms. The van der Waals surface area contributed by atoms with Crippen LogP contribution in [-0.2, 0) is 20.0 Å². The van der Waals surface area contributed by atoms with Gasteiger partial charge in [-0.3, -0.25) is 4.57 Å². The molecule has 134 valence electrons. The van der Waals surface area contributed by atoms with Crippen molar-refractivity contribution in [1.82, 2.24) is 0 Å². The predicted molar refractivity (Wildman–Crippen MR) is 91.4 cm³/mol. The van der Waals surface area contributed by atoms with Gasteiger partial charge in [0.05, 0.1) is 19.4 Å². The summed E-state index contributed by atoms with van der Waals surface area (Å²) < 4.78 is 52.4. The van der Waals surface area contributed by atoms with Gasteiger partial charge in [0.2, 0.25) is 7.37 Å². The maximum atomic E-state index is 14.0. The highest BCUT2D eigenvalue weighted by Gasteiger charge is 2.62. The van der Waals surface area contributed by atoms with E-state index in [1.807, 2.05) is 6.92 Å². The topological polar surface area (TPSA) is 35.5 Å². The fourth-order valence-electron chi connectivity index (χ4n) is 3.14. The Balaban J connectivity index is 2.13. The molecule has 1 aliphatic carbocycles. The average Bonchev–Trinajstić information content (AvgIpc) is 3.21. The maximum absolute atomic E-state index is 14.0. The molecule has 0 bridgehead atoms. The van der Waals surface area contributed by atoms with Crippen molar-refractivity contribution in [3.8, 4) is 0 Å². The van der Waals surface area contributed by atoms with Crippen LogP contribution in [-0.4, -0.2) is 25.0 Å². The van der Waals surface area contributed by atoms with E-state index in [-0.39, 0.29) is 24.3 Å². The SMILES string of the molecule is C=CCOCC[C@@H]1C[C@]1(C)P(=O)(Cc1c(F)cccc1F)OCC. The zero-order valence-electron chi connectivity index (χ0n) is 14.3. The Labute approximate surface area is 142 Å². The fraction of sp³-hybridized carbons (Fsp3) is 0.556. The van der Waals surface area contributed by atoms with Crippen molar-refractivity contribution in [3.05, 3.63) is 48.1 Å². The molecule has 3 nitrogen and oxygen atoms in total. The van der Waals surface area contributed by atoms with E-state index in [9.17, 15) is 13.3 Å². The van der Waals surface area contributed by atoms with Gasteiger partial charge in [-0.2, -0.15) is 0 Å². The van der Waals surface area contributed by atoms with Crippen LogP contribution in [0.1, 0.15) is 32.3 Å². The molecule has 1 unspecified atom stereocenters. The van der Waals surface area contributed by atoms with Crippen LogP contribution < -0.4 is 0 Å². The maximum Gasteiger partial charge on any atom is 0.213 e. The zero-order valence-corrected chi connectivity index (χ0v) is 15.2. The fourth-order valence-corrected chi connectivity index (χ4v) is 6.20. The first-order valence-corrected chi connectivity index (χ1v) is 10.0. The van der Waals surface area contributed by atoms with Crippen LogP contribution in [0.4, 0.5) is 8.78 Å². The summed E-state index contributed by atoms with van der Waals surface area (Å²) >= 11 is 0. The molecule has 1 aromatic carbocycles. The molecule has 1 saturated carbocycles. The molecule has 1 aromatic rings. The molecule has 0 aromatic heterocycles.